The van der Waals surface area contributed by atoms with Crippen LogP contribution in [0.5, 0.6) is 0 Å². The first kappa shape index (κ1) is 31.5. The summed E-state index contributed by atoms with van der Waals surface area (Å²) in [7, 11) is 2.19. The first-order chi connectivity index (χ1) is 21.7. The van der Waals surface area contributed by atoms with Crippen molar-refractivity contribution in [3.05, 3.63) is 64.7 Å². The van der Waals surface area contributed by atoms with Gasteiger partial charge in [-0.1, -0.05) is 36.4 Å². The molecule has 9 heteroatoms. The second-order valence-corrected chi connectivity index (χ2v) is 13.7. The van der Waals surface area contributed by atoms with Crippen LogP contribution >= 0.6 is 0 Å². The Morgan fingerprint density at radius 3 is 2.22 bits per heavy atom. The number of carbonyl (C=O) groups excluding carboxylic acids is 3. The molecular weight excluding hydrogens is 564 g/mol. The molecular formula is C36H50N6O3. The fourth-order valence-corrected chi connectivity index (χ4v) is 7.67. The highest BCUT2D eigenvalue weighted by Gasteiger charge is 2.36. The van der Waals surface area contributed by atoms with Gasteiger partial charge in [0.25, 0.3) is 0 Å². The lowest BCUT2D eigenvalue weighted by atomic mass is 9.91. The molecule has 1 N–H and O–H groups in total. The van der Waals surface area contributed by atoms with Crippen LogP contribution in [-0.4, -0.2) is 114 Å². The number of rotatable bonds is 7. The van der Waals surface area contributed by atoms with Crippen molar-refractivity contribution in [3.8, 4) is 0 Å². The van der Waals surface area contributed by atoms with Crippen LogP contribution in [0.4, 0.5) is 10.5 Å². The number of urea groups is 1. The molecule has 2 aromatic carbocycles. The molecule has 4 aliphatic rings. The summed E-state index contributed by atoms with van der Waals surface area (Å²) < 4.78 is 0. The van der Waals surface area contributed by atoms with E-state index in [2.05, 4.69) is 60.3 Å². The van der Waals surface area contributed by atoms with E-state index in [1.165, 1.54) is 24.0 Å². The van der Waals surface area contributed by atoms with Crippen LogP contribution < -0.4 is 5.32 Å². The van der Waals surface area contributed by atoms with Crippen LogP contribution in [0.2, 0.25) is 0 Å². The fraction of sp³-hybridized carbons (Fsp3) is 0.583. The van der Waals surface area contributed by atoms with Gasteiger partial charge in [0.1, 0.15) is 0 Å². The Morgan fingerprint density at radius 1 is 0.822 bits per heavy atom. The largest absolute Gasteiger partial charge is 0.343 e. The van der Waals surface area contributed by atoms with Crippen LogP contribution in [-0.2, 0) is 22.6 Å². The molecule has 4 amide bonds. The molecule has 0 bridgehead atoms. The van der Waals surface area contributed by atoms with Crippen LogP contribution in [0, 0.1) is 19.8 Å². The molecule has 2 aromatic rings. The Labute approximate surface area is 268 Å². The van der Waals surface area contributed by atoms with Gasteiger partial charge >= 0.3 is 6.03 Å². The summed E-state index contributed by atoms with van der Waals surface area (Å²) in [5.74, 6) is -0.214. The molecule has 1 unspecified atom stereocenters. The van der Waals surface area contributed by atoms with E-state index in [0.717, 1.165) is 68.9 Å². The minimum absolute atomic E-state index is 0.0500. The number of amides is 4. The van der Waals surface area contributed by atoms with Crippen LogP contribution in [0.1, 0.15) is 54.4 Å². The Morgan fingerprint density at radius 2 is 1.51 bits per heavy atom. The molecule has 0 spiro atoms. The van der Waals surface area contributed by atoms with Crippen LogP contribution in [0.25, 0.3) is 0 Å². The van der Waals surface area contributed by atoms with Crippen molar-refractivity contribution in [1.29, 1.82) is 0 Å². The highest BCUT2D eigenvalue weighted by molar-refractivity contribution is 5.92. The molecule has 0 aliphatic carbocycles. The molecule has 3 fully saturated rings. The van der Waals surface area contributed by atoms with Gasteiger partial charge in [-0.15, -0.1) is 0 Å². The number of benzene rings is 2. The molecule has 3 saturated heterocycles. The SMILES string of the molecule is Cc1ccc(CC(CC(=O)N2CCC(N3Cc4ccccc4NC3=O)CC2)C(=O)N2CCN(C3CCN(C)CC3)CC2)cc1C. The van der Waals surface area contributed by atoms with Crippen molar-refractivity contribution >= 4 is 23.5 Å². The molecule has 4 heterocycles. The molecule has 9 nitrogen and oxygen atoms in total. The topological polar surface area (TPSA) is 79.4 Å². The lowest BCUT2D eigenvalue weighted by molar-refractivity contribution is -0.143. The average molecular weight is 615 g/mol. The van der Waals surface area contributed by atoms with Crippen molar-refractivity contribution < 1.29 is 14.4 Å². The maximum absolute atomic E-state index is 14.1. The van der Waals surface area contributed by atoms with Crippen LogP contribution in [0.3, 0.4) is 0 Å². The minimum Gasteiger partial charge on any atom is -0.343 e. The number of nitrogens with one attached hydrogen (secondary N) is 1. The third-order valence-electron chi connectivity index (χ3n) is 10.8. The van der Waals surface area contributed by atoms with Crippen molar-refractivity contribution in [2.24, 2.45) is 5.92 Å². The van der Waals surface area contributed by atoms with Crippen LogP contribution in [0.15, 0.2) is 42.5 Å². The number of anilines is 1. The van der Waals surface area contributed by atoms with E-state index >= 15 is 0 Å². The second kappa shape index (κ2) is 13.9. The summed E-state index contributed by atoms with van der Waals surface area (Å²) in [5.41, 5.74) is 5.56. The number of piperazine rings is 1. The lowest BCUT2D eigenvalue weighted by Crippen LogP contribution is -2.55. The van der Waals surface area contributed by atoms with Crippen molar-refractivity contribution in [2.45, 2.75) is 71.0 Å². The number of para-hydroxylation sites is 1. The summed E-state index contributed by atoms with van der Waals surface area (Å²) in [4.78, 5) is 51.5. The highest BCUT2D eigenvalue weighted by Crippen LogP contribution is 2.29. The Hall–Kier alpha value is -3.43. The molecule has 0 saturated carbocycles. The minimum atomic E-state index is -0.378. The molecule has 45 heavy (non-hydrogen) atoms. The maximum atomic E-state index is 14.1. The number of carbonyl (C=O) groups is 3. The zero-order valence-electron chi connectivity index (χ0n) is 27.3. The monoisotopic (exact) mass is 614 g/mol. The van der Waals surface area contributed by atoms with Gasteiger partial charge in [0.2, 0.25) is 11.8 Å². The van der Waals surface area contributed by atoms with E-state index in [0.29, 0.717) is 32.1 Å². The zero-order valence-corrected chi connectivity index (χ0v) is 27.3. The second-order valence-electron chi connectivity index (χ2n) is 13.7. The van der Waals surface area contributed by atoms with E-state index in [1.807, 2.05) is 32.9 Å². The summed E-state index contributed by atoms with van der Waals surface area (Å²) in [6.07, 6.45) is 4.68. The van der Waals surface area contributed by atoms with E-state index in [4.69, 9.17) is 0 Å². The summed E-state index contributed by atoms with van der Waals surface area (Å²) in [6, 6.07) is 15.0. The lowest BCUT2D eigenvalue weighted by Gasteiger charge is -2.43. The van der Waals surface area contributed by atoms with Gasteiger partial charge in [-0.25, -0.2) is 4.79 Å². The number of fused-ring (bicyclic) bond motifs is 1. The molecule has 0 aromatic heterocycles. The Bertz CT molecular complexity index is 1370. The molecule has 242 valence electrons. The van der Waals surface area contributed by atoms with E-state index < -0.39 is 0 Å². The fourth-order valence-electron chi connectivity index (χ4n) is 7.67. The maximum Gasteiger partial charge on any atom is 0.322 e. The summed E-state index contributed by atoms with van der Waals surface area (Å²) in [5, 5.41) is 3.02. The van der Waals surface area contributed by atoms with Gasteiger partial charge in [-0.3, -0.25) is 14.5 Å². The molecule has 4 aliphatic heterocycles. The van der Waals surface area contributed by atoms with Gasteiger partial charge in [0.05, 0.1) is 5.92 Å². The summed E-state index contributed by atoms with van der Waals surface area (Å²) >= 11 is 0. The van der Waals surface area contributed by atoms with Crippen molar-refractivity contribution in [2.75, 3.05) is 64.7 Å². The third kappa shape index (κ3) is 7.36. The number of aryl methyl sites for hydroxylation is 2. The predicted octanol–water partition coefficient (Wildman–Crippen LogP) is 4.13. The predicted molar refractivity (Wildman–Crippen MR) is 177 cm³/mol. The number of likely N-dealkylation sites (tertiary alicyclic amines) is 2. The Balaban J connectivity index is 1.07. The first-order valence-corrected chi connectivity index (χ1v) is 17.0. The smallest absolute Gasteiger partial charge is 0.322 e. The van der Waals surface area contributed by atoms with Gasteiger partial charge < -0.3 is 24.9 Å². The quantitative estimate of drug-likeness (QED) is 0.508. The molecule has 1 atom stereocenters. The summed E-state index contributed by atoms with van der Waals surface area (Å²) in [6.45, 7) is 11.6. The van der Waals surface area contributed by atoms with Gasteiger partial charge in [0, 0.05) is 70.0 Å². The third-order valence-corrected chi connectivity index (χ3v) is 10.8. The van der Waals surface area contributed by atoms with E-state index in [-0.39, 0.29) is 36.2 Å². The number of hydrogen-bond acceptors (Lipinski definition) is 5. The van der Waals surface area contributed by atoms with Gasteiger partial charge in [-0.05, 0) is 94.4 Å². The van der Waals surface area contributed by atoms with E-state index in [9.17, 15) is 14.4 Å². The van der Waals surface area contributed by atoms with Crippen molar-refractivity contribution in [1.82, 2.24) is 24.5 Å². The number of nitrogens with zero attached hydrogens (tertiary/aromatic N) is 5. The first-order valence-electron chi connectivity index (χ1n) is 17.0. The number of hydrogen-bond donors (Lipinski definition) is 1. The van der Waals surface area contributed by atoms with E-state index in [1.54, 1.807) is 0 Å². The molecule has 0 radical (unpaired) electrons. The number of piperidine rings is 2. The Kier molecular flexibility index (Phi) is 9.75. The van der Waals surface area contributed by atoms with Gasteiger partial charge in [-0.2, -0.15) is 0 Å². The average Bonchev–Trinajstić information content (AvgIpc) is 3.06. The highest BCUT2D eigenvalue weighted by atomic mass is 16.2. The van der Waals surface area contributed by atoms with Gasteiger partial charge in [0.15, 0.2) is 0 Å². The van der Waals surface area contributed by atoms with Crippen molar-refractivity contribution in [3.63, 3.8) is 0 Å². The molecule has 6 rings (SSSR count). The normalized spacial score (nSPS) is 21.4. The zero-order chi connectivity index (χ0) is 31.5. The standard InChI is InChI=1S/C36H50N6O3/c1-26-8-9-28(22-27(26)2)23-30(35(44)41-20-18-39(19-21-41)31-10-14-38(3)15-11-31)24-34(43)40-16-12-32(13-17-40)42-25-29-6-4-5-7-33(29)37-36(42)45/h4-9,22,30-32H,10-21,23-25H2,1-3H3,(H,37,45).